The first-order valence-corrected chi connectivity index (χ1v) is 7.91. The van der Waals surface area contributed by atoms with Crippen LogP contribution in [-0.4, -0.2) is 57.1 Å². The van der Waals surface area contributed by atoms with Crippen molar-refractivity contribution < 1.29 is 9.47 Å². The zero-order valence-electron chi connectivity index (χ0n) is 12.6. The molecule has 1 spiro atoms. The second kappa shape index (κ2) is 7.58. The van der Waals surface area contributed by atoms with E-state index in [2.05, 4.69) is 24.2 Å². The summed E-state index contributed by atoms with van der Waals surface area (Å²) < 4.78 is 11.5. The first kappa shape index (κ1) is 15.2. The standard InChI is InChI=1S/C15H30N2O2/c1-3-17(2)11-10-16-9-6-14-4-7-15(8-5-14)18-12-13-19-15/h14,16H,3-13H2,1-2H3. The molecule has 112 valence electrons. The first-order valence-electron chi connectivity index (χ1n) is 7.91. The number of hydrogen-bond donors (Lipinski definition) is 1. The van der Waals surface area contributed by atoms with E-state index in [1.165, 1.54) is 19.3 Å². The van der Waals surface area contributed by atoms with Gasteiger partial charge in [0.2, 0.25) is 0 Å². The molecule has 0 radical (unpaired) electrons. The third-order valence-corrected chi connectivity index (χ3v) is 4.62. The monoisotopic (exact) mass is 270 g/mol. The molecular formula is C15H30N2O2. The minimum absolute atomic E-state index is 0.187. The minimum Gasteiger partial charge on any atom is -0.348 e. The normalized spacial score (nSPS) is 23.5. The van der Waals surface area contributed by atoms with Gasteiger partial charge in [-0.3, -0.25) is 0 Å². The molecule has 1 saturated heterocycles. The fourth-order valence-corrected chi connectivity index (χ4v) is 3.05. The highest BCUT2D eigenvalue weighted by Gasteiger charge is 2.39. The van der Waals surface area contributed by atoms with Gasteiger partial charge in [0, 0.05) is 25.9 Å². The number of nitrogens with zero attached hydrogens (tertiary/aromatic N) is 1. The molecule has 1 aliphatic heterocycles. The Hall–Kier alpha value is -0.160. The molecular weight excluding hydrogens is 240 g/mol. The smallest absolute Gasteiger partial charge is 0.168 e. The second-order valence-corrected chi connectivity index (χ2v) is 5.99. The zero-order valence-corrected chi connectivity index (χ0v) is 12.6. The molecule has 0 amide bonds. The molecule has 0 unspecified atom stereocenters. The molecule has 4 heteroatoms. The number of hydrogen-bond acceptors (Lipinski definition) is 4. The molecule has 1 N–H and O–H groups in total. The highest BCUT2D eigenvalue weighted by Crippen LogP contribution is 2.39. The van der Waals surface area contributed by atoms with Crippen LogP contribution >= 0.6 is 0 Å². The Kier molecular flexibility index (Phi) is 6.07. The average molecular weight is 270 g/mol. The van der Waals surface area contributed by atoms with Crippen LogP contribution < -0.4 is 5.32 Å². The SMILES string of the molecule is CCN(C)CCNCCC1CCC2(CC1)OCCO2. The van der Waals surface area contributed by atoms with E-state index < -0.39 is 0 Å². The van der Waals surface area contributed by atoms with E-state index >= 15 is 0 Å². The minimum atomic E-state index is -0.187. The van der Waals surface area contributed by atoms with Crippen LogP contribution in [0.2, 0.25) is 0 Å². The van der Waals surface area contributed by atoms with Gasteiger partial charge in [0.15, 0.2) is 5.79 Å². The van der Waals surface area contributed by atoms with Crippen LogP contribution in [0.1, 0.15) is 39.0 Å². The van der Waals surface area contributed by atoms with Gasteiger partial charge in [0.1, 0.15) is 0 Å². The number of likely N-dealkylation sites (N-methyl/N-ethyl adjacent to an activating group) is 1. The maximum atomic E-state index is 5.77. The molecule has 0 aromatic rings. The lowest BCUT2D eigenvalue weighted by atomic mass is 9.83. The molecule has 1 aliphatic carbocycles. The Morgan fingerprint density at radius 2 is 1.84 bits per heavy atom. The molecule has 2 rings (SSSR count). The summed E-state index contributed by atoms with van der Waals surface area (Å²) >= 11 is 0. The van der Waals surface area contributed by atoms with Gasteiger partial charge in [-0.2, -0.15) is 0 Å². The predicted molar refractivity (Wildman–Crippen MR) is 77.3 cm³/mol. The molecule has 2 aliphatic rings. The fourth-order valence-electron chi connectivity index (χ4n) is 3.05. The molecule has 1 saturated carbocycles. The van der Waals surface area contributed by atoms with Gasteiger partial charge in [-0.25, -0.2) is 0 Å². The second-order valence-electron chi connectivity index (χ2n) is 5.99. The summed E-state index contributed by atoms with van der Waals surface area (Å²) in [6.45, 7) is 8.31. The lowest BCUT2D eigenvalue weighted by Gasteiger charge is -2.35. The summed E-state index contributed by atoms with van der Waals surface area (Å²) in [4.78, 5) is 2.34. The Morgan fingerprint density at radius 1 is 1.16 bits per heavy atom. The van der Waals surface area contributed by atoms with E-state index in [9.17, 15) is 0 Å². The van der Waals surface area contributed by atoms with Gasteiger partial charge < -0.3 is 19.7 Å². The summed E-state index contributed by atoms with van der Waals surface area (Å²) in [7, 11) is 2.17. The molecule has 19 heavy (non-hydrogen) atoms. The van der Waals surface area contributed by atoms with Crippen LogP contribution in [0.25, 0.3) is 0 Å². The topological polar surface area (TPSA) is 33.7 Å². The summed E-state index contributed by atoms with van der Waals surface area (Å²) in [5.41, 5.74) is 0. The van der Waals surface area contributed by atoms with Crippen LogP contribution in [0.5, 0.6) is 0 Å². The molecule has 1 heterocycles. The molecule has 0 aromatic carbocycles. The van der Waals surface area contributed by atoms with Crippen LogP contribution in [-0.2, 0) is 9.47 Å². The van der Waals surface area contributed by atoms with Crippen LogP contribution in [0.4, 0.5) is 0 Å². The lowest BCUT2D eigenvalue weighted by Crippen LogP contribution is -2.36. The lowest BCUT2D eigenvalue weighted by molar-refractivity contribution is -0.182. The van der Waals surface area contributed by atoms with Gasteiger partial charge in [-0.05, 0) is 45.3 Å². The molecule has 4 nitrogen and oxygen atoms in total. The quantitative estimate of drug-likeness (QED) is 0.716. The van der Waals surface area contributed by atoms with Crippen LogP contribution in [0.15, 0.2) is 0 Å². The molecule has 0 aromatic heterocycles. The molecule has 2 fully saturated rings. The van der Waals surface area contributed by atoms with Crippen molar-refractivity contribution in [3.63, 3.8) is 0 Å². The maximum Gasteiger partial charge on any atom is 0.168 e. The van der Waals surface area contributed by atoms with Crippen molar-refractivity contribution in [3.8, 4) is 0 Å². The largest absolute Gasteiger partial charge is 0.348 e. The van der Waals surface area contributed by atoms with E-state index in [4.69, 9.17) is 9.47 Å². The van der Waals surface area contributed by atoms with Gasteiger partial charge in [0.05, 0.1) is 13.2 Å². The van der Waals surface area contributed by atoms with E-state index in [1.807, 2.05) is 0 Å². The van der Waals surface area contributed by atoms with Crippen molar-refractivity contribution >= 4 is 0 Å². The van der Waals surface area contributed by atoms with Gasteiger partial charge >= 0.3 is 0 Å². The first-order chi connectivity index (χ1) is 9.24. The van der Waals surface area contributed by atoms with E-state index in [-0.39, 0.29) is 5.79 Å². The number of nitrogens with one attached hydrogen (secondary N) is 1. The van der Waals surface area contributed by atoms with Crippen molar-refractivity contribution in [1.82, 2.24) is 10.2 Å². The highest BCUT2D eigenvalue weighted by atomic mass is 16.7. The van der Waals surface area contributed by atoms with Crippen LogP contribution in [0, 0.1) is 5.92 Å². The van der Waals surface area contributed by atoms with E-state index in [0.29, 0.717) is 0 Å². The van der Waals surface area contributed by atoms with Gasteiger partial charge in [-0.15, -0.1) is 0 Å². The average Bonchev–Trinajstić information content (AvgIpc) is 2.89. The number of rotatable bonds is 7. The maximum absolute atomic E-state index is 5.77. The highest BCUT2D eigenvalue weighted by molar-refractivity contribution is 4.82. The molecule has 0 bridgehead atoms. The summed E-state index contributed by atoms with van der Waals surface area (Å²) in [5, 5.41) is 3.55. The van der Waals surface area contributed by atoms with Crippen molar-refractivity contribution in [2.75, 3.05) is 46.4 Å². The van der Waals surface area contributed by atoms with Crippen molar-refractivity contribution in [2.45, 2.75) is 44.8 Å². The third kappa shape index (κ3) is 4.71. The Labute approximate surface area is 117 Å². The summed E-state index contributed by atoms with van der Waals surface area (Å²) in [6.07, 6.45) is 6.01. The van der Waals surface area contributed by atoms with Crippen molar-refractivity contribution in [1.29, 1.82) is 0 Å². The van der Waals surface area contributed by atoms with Crippen LogP contribution in [0.3, 0.4) is 0 Å². The molecule has 0 atom stereocenters. The predicted octanol–water partition coefficient (Wildman–Crippen LogP) is 1.85. The fraction of sp³-hybridized carbons (Fsp3) is 1.00. The Balaban J connectivity index is 1.51. The summed E-state index contributed by atoms with van der Waals surface area (Å²) in [5.74, 6) is 0.670. The van der Waals surface area contributed by atoms with Crippen molar-refractivity contribution in [3.05, 3.63) is 0 Å². The number of ether oxygens (including phenoxy) is 2. The van der Waals surface area contributed by atoms with E-state index in [1.54, 1.807) is 0 Å². The van der Waals surface area contributed by atoms with Gasteiger partial charge in [-0.1, -0.05) is 6.92 Å². The zero-order chi connectivity index (χ0) is 13.6. The third-order valence-electron chi connectivity index (χ3n) is 4.62. The van der Waals surface area contributed by atoms with E-state index in [0.717, 1.165) is 58.2 Å². The van der Waals surface area contributed by atoms with Crippen molar-refractivity contribution in [2.24, 2.45) is 5.92 Å². The Morgan fingerprint density at radius 3 is 2.47 bits per heavy atom. The van der Waals surface area contributed by atoms with Gasteiger partial charge in [0.25, 0.3) is 0 Å². The summed E-state index contributed by atoms with van der Waals surface area (Å²) in [6, 6.07) is 0. The Bertz CT molecular complexity index is 245.